The van der Waals surface area contributed by atoms with Gasteiger partial charge < -0.3 is 4.90 Å². The maximum atomic E-state index is 13.3. The number of amides is 1. The van der Waals surface area contributed by atoms with Crippen LogP contribution >= 0.6 is 11.8 Å². The summed E-state index contributed by atoms with van der Waals surface area (Å²) in [5.74, 6) is 0.985. The van der Waals surface area contributed by atoms with Crippen LogP contribution in [-0.4, -0.2) is 68.8 Å². The number of sulfone groups is 1. The van der Waals surface area contributed by atoms with Gasteiger partial charge in [-0.05, 0) is 43.5 Å². The van der Waals surface area contributed by atoms with E-state index in [1.807, 2.05) is 47.9 Å². The summed E-state index contributed by atoms with van der Waals surface area (Å²) in [6.07, 6.45) is 5.72. The summed E-state index contributed by atoms with van der Waals surface area (Å²) in [4.78, 5) is 19.1. The SMILES string of the molecule is CCCCN(C(=O)CSc1nnc(-c2ccncc2)n1-c1ccccc1C)C1CCS(=O)(=O)C1. The fraction of sp³-hybridized carbons (Fsp3) is 0.417. The zero-order chi connectivity index (χ0) is 24.1. The van der Waals surface area contributed by atoms with Crippen LogP contribution in [0.1, 0.15) is 31.7 Å². The van der Waals surface area contributed by atoms with Gasteiger partial charge in [-0.2, -0.15) is 0 Å². The van der Waals surface area contributed by atoms with Crippen molar-refractivity contribution in [3.8, 4) is 17.1 Å². The normalized spacial score (nSPS) is 17.1. The molecule has 0 N–H and O–H groups in total. The zero-order valence-electron chi connectivity index (χ0n) is 19.4. The van der Waals surface area contributed by atoms with Gasteiger partial charge in [0.15, 0.2) is 20.8 Å². The molecule has 4 rings (SSSR count). The average Bonchev–Trinajstić information content (AvgIpc) is 3.41. The van der Waals surface area contributed by atoms with Crippen LogP contribution in [0.25, 0.3) is 17.1 Å². The zero-order valence-corrected chi connectivity index (χ0v) is 21.1. The van der Waals surface area contributed by atoms with E-state index in [0.717, 1.165) is 29.7 Å². The first kappa shape index (κ1) is 24.4. The molecule has 0 saturated carbocycles. The van der Waals surface area contributed by atoms with Crippen LogP contribution in [0.15, 0.2) is 53.9 Å². The van der Waals surface area contributed by atoms with Crippen molar-refractivity contribution in [2.24, 2.45) is 0 Å². The highest BCUT2D eigenvalue weighted by molar-refractivity contribution is 7.99. The van der Waals surface area contributed by atoms with Crippen molar-refractivity contribution < 1.29 is 13.2 Å². The summed E-state index contributed by atoms with van der Waals surface area (Å²) in [5, 5.41) is 9.46. The third kappa shape index (κ3) is 5.50. The minimum absolute atomic E-state index is 0.0543. The first-order chi connectivity index (χ1) is 16.4. The summed E-state index contributed by atoms with van der Waals surface area (Å²) in [5.41, 5.74) is 2.88. The highest BCUT2D eigenvalue weighted by Gasteiger charge is 2.34. The lowest BCUT2D eigenvalue weighted by Crippen LogP contribution is -2.42. The lowest BCUT2D eigenvalue weighted by molar-refractivity contribution is -0.130. The molecule has 8 nitrogen and oxygen atoms in total. The number of thioether (sulfide) groups is 1. The van der Waals surface area contributed by atoms with Crippen LogP contribution in [0.2, 0.25) is 0 Å². The topological polar surface area (TPSA) is 98.1 Å². The number of para-hydroxylation sites is 1. The molecule has 1 unspecified atom stereocenters. The van der Waals surface area contributed by atoms with Gasteiger partial charge in [0.25, 0.3) is 0 Å². The van der Waals surface area contributed by atoms with E-state index in [4.69, 9.17) is 0 Å². The Morgan fingerprint density at radius 1 is 1.18 bits per heavy atom. The molecule has 1 aromatic carbocycles. The van der Waals surface area contributed by atoms with E-state index >= 15 is 0 Å². The molecule has 0 spiro atoms. The van der Waals surface area contributed by atoms with Crippen molar-refractivity contribution in [1.29, 1.82) is 0 Å². The van der Waals surface area contributed by atoms with Gasteiger partial charge in [0.1, 0.15) is 0 Å². The molecule has 1 fully saturated rings. The number of carbonyl (C=O) groups is 1. The van der Waals surface area contributed by atoms with Gasteiger partial charge in [0, 0.05) is 30.5 Å². The molecule has 3 aromatic rings. The molecule has 3 heterocycles. The Morgan fingerprint density at radius 2 is 1.94 bits per heavy atom. The maximum Gasteiger partial charge on any atom is 0.233 e. The summed E-state index contributed by atoms with van der Waals surface area (Å²) < 4.78 is 26.0. The smallest absolute Gasteiger partial charge is 0.233 e. The molecule has 1 aliphatic rings. The Kier molecular flexibility index (Phi) is 7.67. The fourth-order valence-electron chi connectivity index (χ4n) is 4.15. The third-order valence-electron chi connectivity index (χ3n) is 5.98. The van der Waals surface area contributed by atoms with Crippen LogP contribution in [0.5, 0.6) is 0 Å². The van der Waals surface area contributed by atoms with Crippen LogP contribution in [0.3, 0.4) is 0 Å². The molecule has 1 amide bonds. The highest BCUT2D eigenvalue weighted by atomic mass is 32.2. The molecule has 1 atom stereocenters. The van der Waals surface area contributed by atoms with Gasteiger partial charge in [0.05, 0.1) is 22.9 Å². The van der Waals surface area contributed by atoms with Crippen LogP contribution in [0.4, 0.5) is 0 Å². The van der Waals surface area contributed by atoms with Crippen molar-refractivity contribution in [3.05, 3.63) is 54.4 Å². The molecule has 0 bridgehead atoms. The van der Waals surface area contributed by atoms with E-state index in [1.54, 1.807) is 17.3 Å². The summed E-state index contributed by atoms with van der Waals surface area (Å²) in [7, 11) is -3.07. The van der Waals surface area contributed by atoms with Crippen LogP contribution in [0, 0.1) is 6.92 Å². The van der Waals surface area contributed by atoms with Gasteiger partial charge in [-0.1, -0.05) is 43.3 Å². The number of pyridine rings is 1. The number of benzene rings is 1. The Balaban J connectivity index is 1.60. The van der Waals surface area contributed by atoms with Crippen molar-refractivity contribution in [2.75, 3.05) is 23.8 Å². The van der Waals surface area contributed by atoms with Crippen LogP contribution in [-0.2, 0) is 14.6 Å². The second-order valence-electron chi connectivity index (χ2n) is 8.45. The first-order valence-corrected chi connectivity index (χ1v) is 14.2. The lowest BCUT2D eigenvalue weighted by atomic mass is 10.2. The number of nitrogens with zero attached hydrogens (tertiary/aromatic N) is 5. The molecule has 180 valence electrons. The average molecular weight is 500 g/mol. The fourth-order valence-corrected chi connectivity index (χ4v) is 6.71. The molecule has 0 aliphatic carbocycles. The molecule has 1 aliphatic heterocycles. The van der Waals surface area contributed by atoms with E-state index < -0.39 is 9.84 Å². The van der Waals surface area contributed by atoms with E-state index in [1.165, 1.54) is 11.8 Å². The highest BCUT2D eigenvalue weighted by Crippen LogP contribution is 2.30. The van der Waals surface area contributed by atoms with Gasteiger partial charge in [-0.3, -0.25) is 14.3 Å². The maximum absolute atomic E-state index is 13.3. The molecular weight excluding hydrogens is 470 g/mol. The first-order valence-electron chi connectivity index (χ1n) is 11.4. The largest absolute Gasteiger partial charge is 0.338 e. The Bertz CT molecular complexity index is 1240. The van der Waals surface area contributed by atoms with Gasteiger partial charge >= 0.3 is 0 Å². The van der Waals surface area contributed by atoms with Gasteiger partial charge in [-0.25, -0.2) is 8.42 Å². The standard InChI is InChI=1S/C24H29N5O3S2/c1-3-4-14-28(20-11-15-34(31,32)17-20)22(30)16-33-24-27-26-23(19-9-12-25-13-10-19)29(24)21-8-6-5-7-18(21)2/h5-10,12-13,20H,3-4,11,14-17H2,1-2H3. The Hall–Kier alpha value is -2.72. The Morgan fingerprint density at radius 3 is 2.62 bits per heavy atom. The minimum atomic E-state index is -3.07. The number of carbonyl (C=O) groups excluding carboxylic acids is 1. The van der Waals surface area contributed by atoms with Crippen molar-refractivity contribution >= 4 is 27.5 Å². The number of unbranched alkanes of at least 4 members (excludes halogenated alkanes) is 1. The molecule has 10 heteroatoms. The quantitative estimate of drug-likeness (QED) is 0.415. The molecular formula is C24H29N5O3S2. The van der Waals surface area contributed by atoms with E-state index in [2.05, 4.69) is 22.1 Å². The number of hydrogen-bond acceptors (Lipinski definition) is 7. The summed E-state index contributed by atoms with van der Waals surface area (Å²) in [6.45, 7) is 4.66. The van der Waals surface area contributed by atoms with Crippen molar-refractivity contribution in [1.82, 2.24) is 24.6 Å². The number of hydrogen-bond donors (Lipinski definition) is 0. The molecule has 1 saturated heterocycles. The summed E-state index contributed by atoms with van der Waals surface area (Å²) >= 11 is 1.33. The lowest BCUT2D eigenvalue weighted by Gasteiger charge is -2.28. The molecule has 2 aromatic heterocycles. The number of aryl methyl sites for hydroxylation is 1. The number of rotatable bonds is 9. The van der Waals surface area contributed by atoms with Gasteiger partial charge in [0.2, 0.25) is 5.91 Å². The predicted octanol–water partition coefficient (Wildman–Crippen LogP) is 3.55. The molecule has 0 radical (unpaired) electrons. The van der Waals surface area contributed by atoms with Crippen LogP contribution < -0.4 is 0 Å². The predicted molar refractivity (Wildman–Crippen MR) is 134 cm³/mol. The second kappa shape index (κ2) is 10.7. The number of aromatic nitrogens is 4. The monoisotopic (exact) mass is 499 g/mol. The van der Waals surface area contributed by atoms with E-state index in [-0.39, 0.29) is 29.2 Å². The van der Waals surface area contributed by atoms with Gasteiger partial charge in [-0.15, -0.1) is 10.2 Å². The van der Waals surface area contributed by atoms with E-state index in [0.29, 0.717) is 23.9 Å². The Labute approximate surface area is 204 Å². The third-order valence-corrected chi connectivity index (χ3v) is 8.64. The second-order valence-corrected chi connectivity index (χ2v) is 11.6. The van der Waals surface area contributed by atoms with Crippen molar-refractivity contribution in [2.45, 2.75) is 44.3 Å². The van der Waals surface area contributed by atoms with Crippen molar-refractivity contribution in [3.63, 3.8) is 0 Å². The summed E-state index contributed by atoms with van der Waals surface area (Å²) in [6, 6.07) is 11.5. The minimum Gasteiger partial charge on any atom is -0.338 e. The van der Waals surface area contributed by atoms with E-state index in [9.17, 15) is 13.2 Å². The molecule has 34 heavy (non-hydrogen) atoms.